The van der Waals surface area contributed by atoms with Crippen molar-refractivity contribution in [1.29, 1.82) is 5.26 Å². The summed E-state index contributed by atoms with van der Waals surface area (Å²) in [5, 5.41) is 11.8. The van der Waals surface area contributed by atoms with Gasteiger partial charge in [0.25, 0.3) is 0 Å². The SMILES string of the molecule is N#CC(NC(=O)C1CCN(S(=O)(=O)c2ccccc2)CC1)c1ccc(F)cc1F. The Balaban J connectivity index is 1.63. The van der Waals surface area contributed by atoms with Crippen molar-refractivity contribution in [2.24, 2.45) is 5.92 Å². The molecule has 1 amide bonds. The first kappa shape index (κ1) is 20.9. The number of benzene rings is 2. The van der Waals surface area contributed by atoms with Gasteiger partial charge in [-0.1, -0.05) is 24.3 Å². The molecule has 1 unspecified atom stereocenters. The van der Waals surface area contributed by atoms with E-state index in [2.05, 4.69) is 5.32 Å². The molecule has 1 aliphatic heterocycles. The summed E-state index contributed by atoms with van der Waals surface area (Å²) >= 11 is 0. The normalized spacial score (nSPS) is 16.7. The second kappa shape index (κ2) is 8.68. The second-order valence-electron chi connectivity index (χ2n) is 6.73. The Morgan fingerprint density at radius 3 is 2.38 bits per heavy atom. The highest BCUT2D eigenvalue weighted by molar-refractivity contribution is 7.89. The van der Waals surface area contributed by atoms with Gasteiger partial charge in [0.15, 0.2) is 0 Å². The fraction of sp³-hybridized carbons (Fsp3) is 0.300. The molecular formula is C20H19F2N3O3S. The Morgan fingerprint density at radius 1 is 1.14 bits per heavy atom. The fourth-order valence-corrected chi connectivity index (χ4v) is 4.77. The zero-order chi connectivity index (χ0) is 21.0. The number of amides is 1. The summed E-state index contributed by atoms with van der Waals surface area (Å²) < 4.78 is 53.6. The molecule has 1 atom stereocenters. The number of carbonyl (C=O) groups excluding carboxylic acids is 1. The van der Waals surface area contributed by atoms with Crippen molar-refractivity contribution in [3.8, 4) is 6.07 Å². The highest BCUT2D eigenvalue weighted by atomic mass is 32.2. The van der Waals surface area contributed by atoms with Gasteiger partial charge in [-0.2, -0.15) is 9.57 Å². The third-order valence-electron chi connectivity index (χ3n) is 4.89. The Hall–Kier alpha value is -2.83. The van der Waals surface area contributed by atoms with Gasteiger partial charge >= 0.3 is 0 Å². The van der Waals surface area contributed by atoms with Gasteiger partial charge in [0.1, 0.15) is 17.7 Å². The van der Waals surface area contributed by atoms with Gasteiger partial charge < -0.3 is 5.32 Å². The number of nitriles is 1. The van der Waals surface area contributed by atoms with Gasteiger partial charge in [-0.05, 0) is 31.0 Å². The van der Waals surface area contributed by atoms with Crippen LogP contribution < -0.4 is 5.32 Å². The van der Waals surface area contributed by atoms with Crippen molar-refractivity contribution in [3.63, 3.8) is 0 Å². The molecule has 1 saturated heterocycles. The topological polar surface area (TPSA) is 90.3 Å². The van der Waals surface area contributed by atoms with Crippen molar-refractivity contribution < 1.29 is 22.0 Å². The van der Waals surface area contributed by atoms with Crippen LogP contribution >= 0.6 is 0 Å². The second-order valence-corrected chi connectivity index (χ2v) is 8.67. The maximum Gasteiger partial charge on any atom is 0.243 e. The lowest BCUT2D eigenvalue weighted by molar-refractivity contribution is -0.126. The zero-order valence-corrected chi connectivity index (χ0v) is 16.2. The van der Waals surface area contributed by atoms with Crippen molar-refractivity contribution in [3.05, 3.63) is 65.7 Å². The van der Waals surface area contributed by atoms with Crippen LogP contribution in [0.3, 0.4) is 0 Å². The average molecular weight is 419 g/mol. The first-order valence-electron chi connectivity index (χ1n) is 9.03. The van der Waals surface area contributed by atoms with Crippen LogP contribution in [0.25, 0.3) is 0 Å². The van der Waals surface area contributed by atoms with Gasteiger partial charge in [-0.15, -0.1) is 0 Å². The number of piperidine rings is 1. The van der Waals surface area contributed by atoms with E-state index in [1.54, 1.807) is 24.3 Å². The minimum absolute atomic E-state index is 0.119. The Bertz CT molecular complexity index is 1030. The van der Waals surface area contributed by atoms with Crippen LogP contribution in [0.5, 0.6) is 0 Å². The minimum Gasteiger partial charge on any atom is -0.336 e. The van der Waals surface area contributed by atoms with Crippen LogP contribution in [0.2, 0.25) is 0 Å². The molecule has 29 heavy (non-hydrogen) atoms. The predicted molar refractivity (Wildman–Crippen MR) is 101 cm³/mol. The number of hydrogen-bond donors (Lipinski definition) is 1. The molecule has 2 aromatic carbocycles. The van der Waals surface area contributed by atoms with Crippen molar-refractivity contribution in [2.75, 3.05) is 13.1 Å². The molecule has 1 heterocycles. The van der Waals surface area contributed by atoms with Crippen molar-refractivity contribution in [1.82, 2.24) is 9.62 Å². The van der Waals surface area contributed by atoms with Crippen LogP contribution in [0.15, 0.2) is 53.4 Å². The molecule has 0 bridgehead atoms. The average Bonchev–Trinajstić information content (AvgIpc) is 2.73. The van der Waals surface area contributed by atoms with E-state index in [9.17, 15) is 27.3 Å². The Morgan fingerprint density at radius 2 is 1.79 bits per heavy atom. The lowest BCUT2D eigenvalue weighted by Gasteiger charge is -2.31. The van der Waals surface area contributed by atoms with Gasteiger partial charge in [0, 0.05) is 30.6 Å². The molecule has 2 aromatic rings. The summed E-state index contributed by atoms with van der Waals surface area (Å²) in [7, 11) is -3.63. The standard InChI is InChI=1S/C20H19F2N3O3S/c21-15-6-7-17(18(22)12-15)19(13-23)24-20(26)14-8-10-25(11-9-14)29(27,28)16-4-2-1-3-5-16/h1-7,12,14,19H,8-11H2,(H,24,26). The summed E-state index contributed by atoms with van der Waals surface area (Å²) in [6.07, 6.45) is 0.559. The smallest absolute Gasteiger partial charge is 0.243 e. The largest absolute Gasteiger partial charge is 0.336 e. The minimum atomic E-state index is -3.63. The summed E-state index contributed by atoms with van der Waals surface area (Å²) in [4.78, 5) is 12.7. The van der Waals surface area contributed by atoms with Gasteiger partial charge in [-0.25, -0.2) is 17.2 Å². The highest BCUT2D eigenvalue weighted by Gasteiger charge is 2.33. The van der Waals surface area contributed by atoms with E-state index < -0.39 is 39.5 Å². The molecule has 0 spiro atoms. The number of nitrogens with zero attached hydrogens (tertiary/aromatic N) is 2. The molecule has 1 fully saturated rings. The lowest BCUT2D eigenvalue weighted by atomic mass is 9.96. The molecule has 3 rings (SSSR count). The zero-order valence-electron chi connectivity index (χ0n) is 15.4. The number of rotatable bonds is 5. The van der Waals surface area contributed by atoms with E-state index in [1.165, 1.54) is 16.4 Å². The van der Waals surface area contributed by atoms with E-state index in [4.69, 9.17) is 0 Å². The molecule has 0 aliphatic carbocycles. The quantitative estimate of drug-likeness (QED) is 0.807. The van der Waals surface area contributed by atoms with E-state index in [0.29, 0.717) is 6.07 Å². The van der Waals surface area contributed by atoms with E-state index in [-0.39, 0.29) is 36.4 Å². The first-order chi connectivity index (χ1) is 13.8. The Labute approximate surface area is 167 Å². The maximum atomic E-state index is 13.9. The predicted octanol–water partition coefficient (Wildman–Crippen LogP) is 2.75. The number of sulfonamides is 1. The number of halogens is 2. The maximum absolute atomic E-state index is 13.9. The van der Waals surface area contributed by atoms with Crippen molar-refractivity contribution >= 4 is 15.9 Å². The third kappa shape index (κ3) is 4.60. The van der Waals surface area contributed by atoms with Gasteiger partial charge in [0.05, 0.1) is 11.0 Å². The first-order valence-corrected chi connectivity index (χ1v) is 10.5. The van der Waals surface area contributed by atoms with E-state index >= 15 is 0 Å². The summed E-state index contributed by atoms with van der Waals surface area (Å²) in [5.41, 5.74) is -0.119. The van der Waals surface area contributed by atoms with Gasteiger partial charge in [-0.3, -0.25) is 4.79 Å². The van der Waals surface area contributed by atoms with E-state index in [0.717, 1.165) is 12.1 Å². The number of hydrogen-bond acceptors (Lipinski definition) is 4. The number of carbonyl (C=O) groups is 1. The van der Waals surface area contributed by atoms with E-state index in [1.807, 2.05) is 0 Å². The Kier molecular flexibility index (Phi) is 6.25. The summed E-state index contributed by atoms with van der Waals surface area (Å²) in [6, 6.07) is 11.4. The monoisotopic (exact) mass is 419 g/mol. The molecule has 152 valence electrons. The van der Waals surface area contributed by atoms with Crippen molar-refractivity contribution in [2.45, 2.75) is 23.8 Å². The van der Waals surface area contributed by atoms with Crippen LogP contribution in [0.1, 0.15) is 24.4 Å². The number of nitrogens with one attached hydrogen (secondary N) is 1. The molecule has 0 radical (unpaired) electrons. The van der Waals surface area contributed by atoms with Crippen LogP contribution in [-0.2, 0) is 14.8 Å². The molecule has 1 N–H and O–H groups in total. The van der Waals surface area contributed by atoms with Gasteiger partial charge in [0.2, 0.25) is 15.9 Å². The molecule has 1 aliphatic rings. The highest BCUT2D eigenvalue weighted by Crippen LogP contribution is 2.25. The molecule has 6 nitrogen and oxygen atoms in total. The molecule has 0 aromatic heterocycles. The van der Waals surface area contributed by atoms with Crippen LogP contribution in [0, 0.1) is 28.9 Å². The summed E-state index contributed by atoms with van der Waals surface area (Å²) in [6.45, 7) is 0.328. The third-order valence-corrected chi connectivity index (χ3v) is 6.81. The van der Waals surface area contributed by atoms with Crippen LogP contribution in [-0.4, -0.2) is 31.7 Å². The molecule has 9 heteroatoms. The molecular weight excluding hydrogens is 400 g/mol. The fourth-order valence-electron chi connectivity index (χ4n) is 3.28. The van der Waals surface area contributed by atoms with Crippen LogP contribution in [0.4, 0.5) is 8.78 Å². The lowest BCUT2D eigenvalue weighted by Crippen LogP contribution is -2.43. The molecule has 0 saturated carbocycles. The summed E-state index contributed by atoms with van der Waals surface area (Å²) in [5.74, 6) is -2.66.